The summed E-state index contributed by atoms with van der Waals surface area (Å²) >= 11 is 0. The van der Waals surface area contributed by atoms with Gasteiger partial charge in [-0.3, -0.25) is 9.59 Å². The number of nitrogens with one attached hydrogen (secondary N) is 1. The average Bonchev–Trinajstić information content (AvgIpc) is 2.65. The highest BCUT2D eigenvalue weighted by molar-refractivity contribution is 5.77. The summed E-state index contributed by atoms with van der Waals surface area (Å²) in [5, 5.41) is 12.0. The number of nitrogens with zero attached hydrogens (tertiary/aromatic N) is 1. The number of benzene rings is 1. The molecule has 0 aliphatic heterocycles. The first kappa shape index (κ1) is 26.2. The topological polar surface area (TPSA) is 66.4 Å². The second-order valence-corrected chi connectivity index (χ2v) is 9.50. The van der Waals surface area contributed by atoms with Crippen molar-refractivity contribution < 1.29 is 19.2 Å². The van der Waals surface area contributed by atoms with Gasteiger partial charge in [0.1, 0.15) is 0 Å². The molecule has 0 aliphatic carbocycles. The van der Waals surface area contributed by atoms with Crippen LogP contribution in [0.25, 0.3) is 0 Å². The van der Waals surface area contributed by atoms with Gasteiger partial charge in [-0.1, -0.05) is 75.3 Å². The van der Waals surface area contributed by atoms with Crippen molar-refractivity contribution in [1.82, 2.24) is 5.32 Å². The van der Waals surface area contributed by atoms with E-state index in [1.807, 2.05) is 21.1 Å². The molecule has 0 radical (unpaired) electrons. The van der Waals surface area contributed by atoms with Crippen LogP contribution in [0, 0.1) is 0 Å². The van der Waals surface area contributed by atoms with Crippen LogP contribution in [-0.2, 0) is 16.0 Å². The van der Waals surface area contributed by atoms with Crippen molar-refractivity contribution in [2.75, 3.05) is 27.7 Å². The van der Waals surface area contributed by atoms with Crippen LogP contribution in [0.3, 0.4) is 0 Å². The molecule has 1 atom stereocenters. The van der Waals surface area contributed by atoms with E-state index in [1.165, 1.54) is 56.9 Å². The quantitative estimate of drug-likeness (QED) is 0.282. The normalized spacial score (nSPS) is 12.5. The van der Waals surface area contributed by atoms with Crippen LogP contribution < -0.4 is 5.32 Å². The predicted molar refractivity (Wildman–Crippen MR) is 123 cm³/mol. The summed E-state index contributed by atoms with van der Waals surface area (Å²) in [6.07, 6.45) is 12.5. The summed E-state index contributed by atoms with van der Waals surface area (Å²) in [7, 11) is 6.01. The smallest absolute Gasteiger partial charge is 0.305 e. The predicted octanol–water partition coefficient (Wildman–Crippen LogP) is 4.80. The van der Waals surface area contributed by atoms with E-state index in [2.05, 4.69) is 35.6 Å². The summed E-state index contributed by atoms with van der Waals surface area (Å²) < 4.78 is 0.629. The fourth-order valence-corrected chi connectivity index (χ4v) is 3.83. The lowest BCUT2D eigenvalue weighted by atomic mass is 10.0. The van der Waals surface area contributed by atoms with Gasteiger partial charge in [0.15, 0.2) is 0 Å². The van der Waals surface area contributed by atoms with E-state index in [4.69, 9.17) is 5.11 Å². The molecule has 0 saturated heterocycles. The number of carboxylic acids is 1. The number of unbranched alkanes of at least 4 members (excludes halogenated alkanes) is 8. The van der Waals surface area contributed by atoms with Crippen LogP contribution >= 0.6 is 0 Å². The van der Waals surface area contributed by atoms with Gasteiger partial charge in [-0.2, -0.15) is 0 Å². The van der Waals surface area contributed by atoms with E-state index in [0.717, 1.165) is 12.8 Å². The SMILES string of the molecule is C[N+](C)(C)CC(CC(=O)O)NC(=O)CCCCCCCCCCCc1ccccc1. The second kappa shape index (κ2) is 15.0. The maximum absolute atomic E-state index is 12.1. The van der Waals surface area contributed by atoms with E-state index >= 15 is 0 Å². The van der Waals surface area contributed by atoms with Crippen LogP contribution in [-0.4, -0.2) is 55.2 Å². The first-order valence-electron chi connectivity index (χ1n) is 11.6. The summed E-state index contributed by atoms with van der Waals surface area (Å²) in [6.45, 7) is 0.614. The Morgan fingerprint density at radius 2 is 1.40 bits per heavy atom. The Kier molecular flexibility index (Phi) is 13.1. The lowest BCUT2D eigenvalue weighted by Crippen LogP contribution is -2.49. The molecule has 1 aromatic carbocycles. The highest BCUT2D eigenvalue weighted by Crippen LogP contribution is 2.12. The average molecular weight is 420 g/mol. The van der Waals surface area contributed by atoms with Gasteiger partial charge in [0.05, 0.1) is 40.2 Å². The number of quaternary nitrogens is 1. The minimum atomic E-state index is -0.867. The fraction of sp³-hybridized carbons (Fsp3) is 0.680. The number of aliphatic carboxylic acids is 1. The van der Waals surface area contributed by atoms with Gasteiger partial charge in [-0.05, 0) is 24.8 Å². The number of carbonyl (C=O) groups excluding carboxylic acids is 1. The van der Waals surface area contributed by atoms with Crippen LogP contribution in [0.1, 0.15) is 76.2 Å². The van der Waals surface area contributed by atoms with Gasteiger partial charge in [-0.25, -0.2) is 0 Å². The minimum Gasteiger partial charge on any atom is -0.481 e. The summed E-state index contributed by atoms with van der Waals surface area (Å²) in [5.41, 5.74) is 1.44. The molecule has 1 unspecified atom stereocenters. The van der Waals surface area contributed by atoms with Crippen molar-refractivity contribution in [2.24, 2.45) is 0 Å². The Balaban J connectivity index is 1.99. The maximum atomic E-state index is 12.1. The van der Waals surface area contributed by atoms with E-state index in [9.17, 15) is 9.59 Å². The highest BCUT2D eigenvalue weighted by atomic mass is 16.4. The standard InChI is InChI=1S/C25H42N2O3/c1-27(2,3)21-23(20-25(29)30)26-24(28)19-15-10-8-6-4-5-7-9-12-16-22-17-13-11-14-18-22/h11,13-14,17-18,23H,4-10,12,15-16,19-21H2,1-3H3,(H-,26,28,29,30)/p+1. The number of hydrogen-bond donors (Lipinski definition) is 2. The van der Waals surface area contributed by atoms with Gasteiger partial charge in [0.2, 0.25) is 5.91 Å². The van der Waals surface area contributed by atoms with Gasteiger partial charge in [-0.15, -0.1) is 0 Å². The van der Waals surface area contributed by atoms with Crippen molar-refractivity contribution in [2.45, 2.75) is 83.1 Å². The number of likely N-dealkylation sites (N-methyl/N-ethyl adjacent to an activating group) is 1. The zero-order valence-corrected chi connectivity index (χ0v) is 19.4. The molecule has 1 amide bonds. The first-order chi connectivity index (χ1) is 14.3. The molecule has 0 saturated carbocycles. The molecule has 1 rings (SSSR count). The van der Waals surface area contributed by atoms with Crippen molar-refractivity contribution in [3.63, 3.8) is 0 Å². The summed E-state index contributed by atoms with van der Waals surface area (Å²) in [4.78, 5) is 23.2. The molecule has 5 nitrogen and oxygen atoms in total. The second-order valence-electron chi connectivity index (χ2n) is 9.50. The highest BCUT2D eigenvalue weighted by Gasteiger charge is 2.22. The summed E-state index contributed by atoms with van der Waals surface area (Å²) in [5.74, 6) is -0.887. The largest absolute Gasteiger partial charge is 0.481 e. The lowest BCUT2D eigenvalue weighted by Gasteiger charge is -2.29. The Morgan fingerprint density at radius 1 is 0.867 bits per heavy atom. The molecule has 2 N–H and O–H groups in total. The molecule has 5 heteroatoms. The third-order valence-electron chi connectivity index (χ3n) is 5.27. The van der Waals surface area contributed by atoms with Crippen LogP contribution in [0.2, 0.25) is 0 Å². The molecule has 0 aromatic heterocycles. The third kappa shape index (κ3) is 15.0. The number of carboxylic acid groups (broad SMARTS) is 1. The number of hydrogen-bond acceptors (Lipinski definition) is 2. The van der Waals surface area contributed by atoms with Crippen LogP contribution in [0.4, 0.5) is 0 Å². The molecule has 1 aromatic rings. The number of carbonyl (C=O) groups is 2. The Labute approximate surface area is 183 Å². The Bertz CT molecular complexity index is 596. The van der Waals surface area contributed by atoms with Gasteiger partial charge >= 0.3 is 5.97 Å². The minimum absolute atomic E-state index is 0.0203. The molecular formula is C25H43N2O3+. The molecule has 0 heterocycles. The van der Waals surface area contributed by atoms with Gasteiger partial charge in [0.25, 0.3) is 0 Å². The van der Waals surface area contributed by atoms with E-state index in [1.54, 1.807) is 0 Å². The Hall–Kier alpha value is -1.88. The van der Waals surface area contributed by atoms with E-state index in [0.29, 0.717) is 17.4 Å². The molecule has 0 fully saturated rings. The third-order valence-corrected chi connectivity index (χ3v) is 5.27. The van der Waals surface area contributed by atoms with E-state index < -0.39 is 5.97 Å². The summed E-state index contributed by atoms with van der Waals surface area (Å²) in [6, 6.07) is 10.4. The molecular weight excluding hydrogens is 376 g/mol. The van der Waals surface area contributed by atoms with Crippen molar-refractivity contribution in [3.8, 4) is 0 Å². The van der Waals surface area contributed by atoms with Gasteiger partial charge in [0, 0.05) is 6.42 Å². The lowest BCUT2D eigenvalue weighted by molar-refractivity contribution is -0.871. The fourth-order valence-electron chi connectivity index (χ4n) is 3.83. The molecule has 0 spiro atoms. The van der Waals surface area contributed by atoms with Crippen molar-refractivity contribution in [3.05, 3.63) is 35.9 Å². The van der Waals surface area contributed by atoms with Crippen LogP contribution in [0.5, 0.6) is 0 Å². The monoisotopic (exact) mass is 419 g/mol. The number of amides is 1. The van der Waals surface area contributed by atoms with E-state index in [-0.39, 0.29) is 18.4 Å². The molecule has 0 bridgehead atoms. The van der Waals surface area contributed by atoms with Crippen LogP contribution in [0.15, 0.2) is 30.3 Å². The number of rotatable bonds is 17. The number of aryl methyl sites for hydroxylation is 1. The first-order valence-corrected chi connectivity index (χ1v) is 11.6. The molecule has 0 aliphatic rings. The zero-order chi connectivity index (χ0) is 22.2. The van der Waals surface area contributed by atoms with Gasteiger partial charge < -0.3 is 14.9 Å². The van der Waals surface area contributed by atoms with Crippen molar-refractivity contribution in [1.29, 1.82) is 0 Å². The maximum Gasteiger partial charge on any atom is 0.305 e. The van der Waals surface area contributed by atoms with Crippen molar-refractivity contribution >= 4 is 11.9 Å². The Morgan fingerprint density at radius 3 is 1.93 bits per heavy atom. The zero-order valence-electron chi connectivity index (χ0n) is 19.4. The molecule has 170 valence electrons. The molecule has 30 heavy (non-hydrogen) atoms.